The molecule has 1 unspecified atom stereocenters. The van der Waals surface area contributed by atoms with E-state index in [2.05, 4.69) is 46.1 Å². The van der Waals surface area contributed by atoms with Crippen LogP contribution >= 0.6 is 12.6 Å². The molecule has 0 fully saturated rings. The summed E-state index contributed by atoms with van der Waals surface area (Å²) in [6, 6.07) is 0. The standard InChI is InChI=1S/C12H20S/c1-6-7-10(4)12(13)8-11(5)9(2)3/h6-9,11,13H,1H2,2-5H3/b10-7-,12-8+. The highest BCUT2D eigenvalue weighted by Crippen LogP contribution is 2.20. The Morgan fingerprint density at radius 3 is 2.23 bits per heavy atom. The number of allylic oxidation sites excluding steroid dienone is 4. The predicted molar refractivity (Wildman–Crippen MR) is 65.0 cm³/mol. The Morgan fingerprint density at radius 2 is 1.85 bits per heavy atom. The third-order valence-corrected chi connectivity index (χ3v) is 2.75. The Bertz CT molecular complexity index is 221. The molecule has 0 N–H and O–H groups in total. The number of hydrogen-bond acceptors (Lipinski definition) is 1. The minimum atomic E-state index is 0.570. The van der Waals surface area contributed by atoms with Crippen molar-refractivity contribution in [3.05, 3.63) is 35.3 Å². The molecule has 1 atom stereocenters. The minimum Gasteiger partial charge on any atom is -0.143 e. The maximum absolute atomic E-state index is 4.44. The summed E-state index contributed by atoms with van der Waals surface area (Å²) in [5.74, 6) is 1.24. The molecule has 0 aromatic heterocycles. The predicted octanol–water partition coefficient (Wildman–Crippen LogP) is 4.22. The normalized spacial score (nSPS) is 16.2. The van der Waals surface area contributed by atoms with Crippen LogP contribution in [0, 0.1) is 11.8 Å². The maximum Gasteiger partial charge on any atom is 0.00320 e. The van der Waals surface area contributed by atoms with E-state index in [4.69, 9.17) is 0 Å². The van der Waals surface area contributed by atoms with Crippen molar-refractivity contribution < 1.29 is 0 Å². The average molecular weight is 196 g/mol. The van der Waals surface area contributed by atoms with Crippen LogP contribution in [0.1, 0.15) is 27.7 Å². The lowest BCUT2D eigenvalue weighted by Crippen LogP contribution is -2.00. The number of hydrogen-bond donors (Lipinski definition) is 1. The van der Waals surface area contributed by atoms with Gasteiger partial charge in [0.1, 0.15) is 0 Å². The fourth-order valence-electron chi connectivity index (χ4n) is 0.835. The van der Waals surface area contributed by atoms with Crippen molar-refractivity contribution in [2.75, 3.05) is 0 Å². The summed E-state index contributed by atoms with van der Waals surface area (Å²) in [5, 5.41) is 0. The molecule has 0 aromatic carbocycles. The molecule has 0 saturated carbocycles. The summed E-state index contributed by atoms with van der Waals surface area (Å²) < 4.78 is 0. The van der Waals surface area contributed by atoms with Crippen LogP contribution in [0.5, 0.6) is 0 Å². The molecule has 0 saturated heterocycles. The van der Waals surface area contributed by atoms with Crippen LogP contribution in [0.3, 0.4) is 0 Å². The molecule has 1 heteroatoms. The molecule has 0 aliphatic carbocycles. The van der Waals surface area contributed by atoms with Crippen LogP contribution in [0.4, 0.5) is 0 Å². The van der Waals surface area contributed by atoms with Gasteiger partial charge < -0.3 is 0 Å². The smallest absolute Gasteiger partial charge is 0.00320 e. The zero-order chi connectivity index (χ0) is 10.4. The second-order valence-electron chi connectivity index (χ2n) is 3.74. The fraction of sp³-hybridized carbons (Fsp3) is 0.500. The SMILES string of the molecule is C=C/C=C(C)\C(S)=C/C(C)C(C)C. The van der Waals surface area contributed by atoms with Crippen LogP contribution < -0.4 is 0 Å². The van der Waals surface area contributed by atoms with Crippen LogP contribution in [-0.4, -0.2) is 0 Å². The van der Waals surface area contributed by atoms with Gasteiger partial charge in [-0.3, -0.25) is 0 Å². The molecule has 0 amide bonds. The molecule has 0 heterocycles. The van der Waals surface area contributed by atoms with Gasteiger partial charge in [-0.05, 0) is 24.3 Å². The van der Waals surface area contributed by atoms with E-state index in [-0.39, 0.29) is 0 Å². The second kappa shape index (κ2) is 6.09. The van der Waals surface area contributed by atoms with Crippen molar-refractivity contribution in [2.24, 2.45) is 11.8 Å². The molecule has 0 nitrogen and oxygen atoms in total. The maximum atomic E-state index is 4.44. The first kappa shape index (κ1) is 12.6. The number of rotatable bonds is 4. The van der Waals surface area contributed by atoms with E-state index in [1.807, 2.05) is 13.0 Å². The van der Waals surface area contributed by atoms with Crippen LogP contribution in [0.2, 0.25) is 0 Å². The molecule has 0 spiro atoms. The van der Waals surface area contributed by atoms with Gasteiger partial charge in [0.25, 0.3) is 0 Å². The van der Waals surface area contributed by atoms with Gasteiger partial charge in [-0.1, -0.05) is 45.6 Å². The molecule has 0 radical (unpaired) electrons. The van der Waals surface area contributed by atoms with Gasteiger partial charge in [0.2, 0.25) is 0 Å². The highest BCUT2D eigenvalue weighted by molar-refractivity contribution is 7.84. The highest BCUT2D eigenvalue weighted by Gasteiger charge is 2.04. The van der Waals surface area contributed by atoms with Gasteiger partial charge in [0.05, 0.1) is 0 Å². The summed E-state index contributed by atoms with van der Waals surface area (Å²) in [6.45, 7) is 12.4. The molecule has 74 valence electrons. The monoisotopic (exact) mass is 196 g/mol. The molecule has 0 bridgehead atoms. The Hall–Kier alpha value is -0.430. The van der Waals surface area contributed by atoms with E-state index < -0.39 is 0 Å². The van der Waals surface area contributed by atoms with E-state index in [1.54, 1.807) is 6.08 Å². The van der Waals surface area contributed by atoms with Crippen LogP contribution in [0.25, 0.3) is 0 Å². The molecule has 0 rings (SSSR count). The number of thiol groups is 1. The van der Waals surface area contributed by atoms with Crippen molar-refractivity contribution >= 4 is 12.6 Å². The summed E-state index contributed by atoms with van der Waals surface area (Å²) >= 11 is 4.44. The van der Waals surface area contributed by atoms with E-state index in [1.165, 1.54) is 5.57 Å². The van der Waals surface area contributed by atoms with Gasteiger partial charge in [-0.15, -0.1) is 12.6 Å². The van der Waals surface area contributed by atoms with Crippen molar-refractivity contribution in [1.29, 1.82) is 0 Å². The summed E-state index contributed by atoms with van der Waals surface area (Å²) in [6.07, 6.45) is 5.97. The van der Waals surface area contributed by atoms with E-state index in [9.17, 15) is 0 Å². The molecule has 0 aromatic rings. The highest BCUT2D eigenvalue weighted by atomic mass is 32.1. The van der Waals surface area contributed by atoms with Crippen molar-refractivity contribution in [1.82, 2.24) is 0 Å². The van der Waals surface area contributed by atoms with Crippen molar-refractivity contribution in [3.63, 3.8) is 0 Å². The van der Waals surface area contributed by atoms with Gasteiger partial charge in [0.15, 0.2) is 0 Å². The zero-order valence-electron chi connectivity index (χ0n) is 9.04. The lowest BCUT2D eigenvalue weighted by molar-refractivity contribution is 0.503. The fourth-order valence-corrected chi connectivity index (χ4v) is 1.14. The lowest BCUT2D eigenvalue weighted by atomic mass is 9.97. The van der Waals surface area contributed by atoms with Crippen LogP contribution in [-0.2, 0) is 0 Å². The third kappa shape index (κ3) is 4.99. The largest absolute Gasteiger partial charge is 0.143 e. The van der Waals surface area contributed by atoms with Gasteiger partial charge in [0, 0.05) is 4.91 Å². The van der Waals surface area contributed by atoms with E-state index in [0.29, 0.717) is 11.8 Å². The molecule has 0 aliphatic rings. The van der Waals surface area contributed by atoms with Crippen molar-refractivity contribution in [3.8, 4) is 0 Å². The molecule has 13 heavy (non-hydrogen) atoms. The summed E-state index contributed by atoms with van der Waals surface area (Å²) in [7, 11) is 0. The van der Waals surface area contributed by atoms with Gasteiger partial charge in [-0.2, -0.15) is 0 Å². The average Bonchev–Trinajstić information content (AvgIpc) is 2.04. The Balaban J connectivity index is 4.48. The van der Waals surface area contributed by atoms with Gasteiger partial charge >= 0.3 is 0 Å². The Morgan fingerprint density at radius 1 is 1.31 bits per heavy atom. The quantitative estimate of drug-likeness (QED) is 0.505. The summed E-state index contributed by atoms with van der Waals surface area (Å²) in [5.41, 5.74) is 1.17. The molecular weight excluding hydrogens is 176 g/mol. The first-order valence-electron chi connectivity index (χ1n) is 4.69. The minimum absolute atomic E-state index is 0.570. The lowest BCUT2D eigenvalue weighted by Gasteiger charge is -2.11. The van der Waals surface area contributed by atoms with Gasteiger partial charge in [-0.25, -0.2) is 0 Å². The topological polar surface area (TPSA) is 0 Å². The first-order valence-corrected chi connectivity index (χ1v) is 5.14. The van der Waals surface area contributed by atoms with E-state index in [0.717, 1.165) is 4.91 Å². The molecular formula is C12H20S. The second-order valence-corrected chi connectivity index (χ2v) is 4.22. The zero-order valence-corrected chi connectivity index (χ0v) is 9.94. The molecule has 0 aliphatic heterocycles. The Labute approximate surface area is 87.8 Å². The first-order chi connectivity index (χ1) is 5.99. The Kier molecular flexibility index (Phi) is 5.89. The summed E-state index contributed by atoms with van der Waals surface area (Å²) in [4.78, 5) is 1.06. The van der Waals surface area contributed by atoms with Crippen LogP contribution in [0.15, 0.2) is 35.3 Å². The van der Waals surface area contributed by atoms with E-state index >= 15 is 0 Å². The van der Waals surface area contributed by atoms with Crippen molar-refractivity contribution in [2.45, 2.75) is 27.7 Å². The third-order valence-electron chi connectivity index (χ3n) is 2.24.